The van der Waals surface area contributed by atoms with E-state index in [1.807, 2.05) is 30.3 Å². The summed E-state index contributed by atoms with van der Waals surface area (Å²) in [6.45, 7) is 5.42. The number of nitrogens with zero attached hydrogens (tertiary/aromatic N) is 4. The molecule has 3 aromatic rings. The lowest BCUT2D eigenvalue weighted by Gasteiger charge is -2.26. The topological polar surface area (TPSA) is 114 Å². The van der Waals surface area contributed by atoms with Gasteiger partial charge in [0, 0.05) is 43.1 Å². The lowest BCUT2D eigenvalue weighted by Crippen LogP contribution is -2.37. The van der Waals surface area contributed by atoms with Crippen molar-refractivity contribution in [3.05, 3.63) is 42.2 Å². The minimum absolute atomic E-state index is 0.400. The van der Waals surface area contributed by atoms with Crippen LogP contribution in [0.2, 0.25) is 0 Å². The molecule has 0 spiro atoms. The molecular formula is C23H29N7O2. The number of morpholine rings is 1. The van der Waals surface area contributed by atoms with Gasteiger partial charge in [-0.25, -0.2) is 4.98 Å². The number of rotatable bonds is 9. The van der Waals surface area contributed by atoms with Crippen molar-refractivity contribution in [2.24, 2.45) is 0 Å². The summed E-state index contributed by atoms with van der Waals surface area (Å²) in [6, 6.07) is 9.82. The van der Waals surface area contributed by atoms with Crippen LogP contribution < -0.4 is 15.8 Å². The third-order valence-corrected chi connectivity index (χ3v) is 5.81. The molecule has 1 saturated heterocycles. The Balaban J connectivity index is 1.12. The molecule has 0 amide bonds. The largest absolute Gasteiger partial charge is 0.494 e. The SMILES string of the molecule is Nc1nc(Nc2ccc(OCCCN3CCOCC3)cc2)ncc1-c1cc(C2CC2)[nH]n1. The molecule has 4 N–H and O–H groups in total. The van der Waals surface area contributed by atoms with Crippen LogP contribution >= 0.6 is 0 Å². The summed E-state index contributed by atoms with van der Waals surface area (Å²) >= 11 is 0. The number of nitrogen functional groups attached to an aromatic ring is 1. The second-order valence-corrected chi connectivity index (χ2v) is 8.28. The Morgan fingerprint density at radius 2 is 2.00 bits per heavy atom. The summed E-state index contributed by atoms with van der Waals surface area (Å²) in [7, 11) is 0. The quantitative estimate of drug-likeness (QED) is 0.439. The molecule has 0 radical (unpaired) electrons. The van der Waals surface area contributed by atoms with Crippen LogP contribution in [0, 0.1) is 0 Å². The number of aromatic nitrogens is 4. The van der Waals surface area contributed by atoms with Gasteiger partial charge in [-0.1, -0.05) is 0 Å². The molecule has 168 valence electrons. The van der Waals surface area contributed by atoms with E-state index in [1.54, 1.807) is 6.20 Å². The van der Waals surface area contributed by atoms with E-state index in [0.29, 0.717) is 24.3 Å². The molecule has 2 aromatic heterocycles. The Morgan fingerprint density at radius 3 is 2.75 bits per heavy atom. The number of nitrogens with two attached hydrogens (primary N) is 1. The Kier molecular flexibility index (Phi) is 6.17. The van der Waals surface area contributed by atoms with Crippen LogP contribution in [0.15, 0.2) is 36.5 Å². The predicted molar refractivity (Wildman–Crippen MR) is 123 cm³/mol. The molecule has 1 aliphatic carbocycles. The molecule has 0 bridgehead atoms. The Hall–Kier alpha value is -3.17. The minimum Gasteiger partial charge on any atom is -0.494 e. The van der Waals surface area contributed by atoms with Gasteiger partial charge in [-0.15, -0.1) is 0 Å². The lowest BCUT2D eigenvalue weighted by molar-refractivity contribution is 0.0358. The zero-order valence-electron chi connectivity index (χ0n) is 18.1. The van der Waals surface area contributed by atoms with E-state index in [9.17, 15) is 0 Å². The molecular weight excluding hydrogens is 406 g/mol. The molecule has 9 nitrogen and oxygen atoms in total. The van der Waals surface area contributed by atoms with Crippen LogP contribution in [0.5, 0.6) is 5.75 Å². The summed E-state index contributed by atoms with van der Waals surface area (Å²) < 4.78 is 11.2. The summed E-state index contributed by atoms with van der Waals surface area (Å²) in [5.41, 5.74) is 9.72. The maximum absolute atomic E-state index is 6.18. The van der Waals surface area contributed by atoms with Gasteiger partial charge in [-0.3, -0.25) is 10.00 Å². The van der Waals surface area contributed by atoms with Gasteiger partial charge in [0.15, 0.2) is 0 Å². The van der Waals surface area contributed by atoms with E-state index in [0.717, 1.165) is 67.7 Å². The number of nitrogens with one attached hydrogen (secondary N) is 2. The fourth-order valence-electron chi connectivity index (χ4n) is 3.80. The van der Waals surface area contributed by atoms with Gasteiger partial charge in [-0.2, -0.15) is 10.1 Å². The van der Waals surface area contributed by atoms with Crippen molar-refractivity contribution in [1.82, 2.24) is 25.1 Å². The van der Waals surface area contributed by atoms with Gasteiger partial charge >= 0.3 is 0 Å². The zero-order valence-corrected chi connectivity index (χ0v) is 18.1. The number of ether oxygens (including phenoxy) is 2. The molecule has 0 atom stereocenters. The fourth-order valence-corrected chi connectivity index (χ4v) is 3.80. The van der Waals surface area contributed by atoms with E-state index in [4.69, 9.17) is 15.2 Å². The molecule has 5 rings (SSSR count). The summed E-state index contributed by atoms with van der Waals surface area (Å²) in [5, 5.41) is 10.6. The van der Waals surface area contributed by atoms with Gasteiger partial charge in [0.05, 0.1) is 31.1 Å². The standard InChI is InChI=1S/C23H29N7O2/c24-22-19(21-14-20(28-29-21)16-2-3-16)15-25-23(27-22)26-17-4-6-18(7-5-17)32-11-1-8-30-9-12-31-13-10-30/h4-7,14-16H,1-3,8-13H2,(H,28,29)(H3,24,25,26,27). The number of aromatic amines is 1. The van der Waals surface area contributed by atoms with E-state index >= 15 is 0 Å². The highest BCUT2D eigenvalue weighted by Gasteiger charge is 2.26. The first-order chi connectivity index (χ1) is 15.7. The fraction of sp³-hybridized carbons (Fsp3) is 0.435. The maximum Gasteiger partial charge on any atom is 0.229 e. The van der Waals surface area contributed by atoms with Crippen LogP contribution in [0.25, 0.3) is 11.3 Å². The number of benzene rings is 1. The highest BCUT2D eigenvalue weighted by atomic mass is 16.5. The summed E-state index contributed by atoms with van der Waals surface area (Å²) in [6.07, 6.45) is 5.14. The van der Waals surface area contributed by atoms with Crippen molar-refractivity contribution < 1.29 is 9.47 Å². The monoisotopic (exact) mass is 435 g/mol. The molecule has 2 fully saturated rings. The van der Waals surface area contributed by atoms with Gasteiger partial charge in [-0.05, 0) is 49.6 Å². The van der Waals surface area contributed by atoms with Gasteiger partial charge in [0.25, 0.3) is 0 Å². The van der Waals surface area contributed by atoms with E-state index in [1.165, 1.54) is 12.8 Å². The van der Waals surface area contributed by atoms with Gasteiger partial charge in [0.1, 0.15) is 11.6 Å². The Labute approximate surface area is 187 Å². The molecule has 1 saturated carbocycles. The molecule has 1 aromatic carbocycles. The zero-order chi connectivity index (χ0) is 21.8. The van der Waals surface area contributed by atoms with Crippen LogP contribution in [-0.4, -0.2) is 64.5 Å². The number of hydrogen-bond donors (Lipinski definition) is 3. The Bertz CT molecular complexity index is 1030. The molecule has 0 unspecified atom stereocenters. The third-order valence-electron chi connectivity index (χ3n) is 5.81. The summed E-state index contributed by atoms with van der Waals surface area (Å²) in [4.78, 5) is 11.2. The molecule has 9 heteroatoms. The van der Waals surface area contributed by atoms with E-state index in [-0.39, 0.29) is 0 Å². The van der Waals surface area contributed by atoms with Crippen molar-refractivity contribution >= 4 is 17.5 Å². The first-order valence-electron chi connectivity index (χ1n) is 11.2. The van der Waals surface area contributed by atoms with Crippen LogP contribution in [0.3, 0.4) is 0 Å². The first-order valence-corrected chi connectivity index (χ1v) is 11.2. The van der Waals surface area contributed by atoms with Crippen LogP contribution in [0.4, 0.5) is 17.5 Å². The maximum atomic E-state index is 6.18. The smallest absolute Gasteiger partial charge is 0.229 e. The number of H-pyrrole nitrogens is 1. The van der Waals surface area contributed by atoms with Crippen molar-refractivity contribution in [2.45, 2.75) is 25.2 Å². The van der Waals surface area contributed by atoms with Crippen molar-refractivity contribution in [3.63, 3.8) is 0 Å². The minimum atomic E-state index is 0.400. The van der Waals surface area contributed by atoms with Crippen molar-refractivity contribution in [1.29, 1.82) is 0 Å². The third kappa shape index (κ3) is 5.17. The van der Waals surface area contributed by atoms with Crippen molar-refractivity contribution in [3.8, 4) is 17.0 Å². The highest BCUT2D eigenvalue weighted by Crippen LogP contribution is 2.40. The normalized spacial score (nSPS) is 16.8. The van der Waals surface area contributed by atoms with E-state index in [2.05, 4.69) is 30.4 Å². The second-order valence-electron chi connectivity index (χ2n) is 8.28. The molecule has 1 aliphatic heterocycles. The highest BCUT2D eigenvalue weighted by molar-refractivity contribution is 5.71. The Morgan fingerprint density at radius 1 is 1.19 bits per heavy atom. The first kappa shape index (κ1) is 20.7. The molecule has 3 heterocycles. The van der Waals surface area contributed by atoms with Crippen molar-refractivity contribution in [2.75, 3.05) is 50.5 Å². The predicted octanol–water partition coefficient (Wildman–Crippen LogP) is 3.17. The lowest BCUT2D eigenvalue weighted by atomic mass is 10.2. The summed E-state index contributed by atoms with van der Waals surface area (Å²) in [5.74, 6) is 2.30. The van der Waals surface area contributed by atoms with Crippen LogP contribution in [0.1, 0.15) is 30.9 Å². The van der Waals surface area contributed by atoms with E-state index < -0.39 is 0 Å². The van der Waals surface area contributed by atoms with Gasteiger partial charge in [0.2, 0.25) is 5.95 Å². The number of hydrogen-bond acceptors (Lipinski definition) is 8. The molecule has 2 aliphatic rings. The average Bonchev–Trinajstić information content (AvgIpc) is 3.56. The average molecular weight is 436 g/mol. The van der Waals surface area contributed by atoms with Crippen LogP contribution in [-0.2, 0) is 4.74 Å². The number of anilines is 3. The second kappa shape index (κ2) is 9.54. The van der Waals surface area contributed by atoms with Gasteiger partial charge < -0.3 is 20.5 Å². The molecule has 32 heavy (non-hydrogen) atoms.